The smallest absolute Gasteiger partial charge is 0.323 e. The molecule has 1 aromatic carbocycles. The summed E-state index contributed by atoms with van der Waals surface area (Å²) in [6, 6.07) is 9.88. The normalized spacial score (nSPS) is 17.8. The molecule has 0 atom stereocenters. The van der Waals surface area contributed by atoms with Gasteiger partial charge in [-0.05, 0) is 31.9 Å². The zero-order valence-corrected chi connectivity index (χ0v) is 13.9. The van der Waals surface area contributed by atoms with Crippen molar-refractivity contribution in [3.05, 3.63) is 41.6 Å². The molecular formula is C18H22N4O2. The Morgan fingerprint density at radius 2 is 1.92 bits per heavy atom. The largest absolute Gasteiger partial charge is 0.378 e. The minimum atomic E-state index is -0.0826. The van der Waals surface area contributed by atoms with E-state index in [0.29, 0.717) is 32.2 Å². The average molecular weight is 326 g/mol. The van der Waals surface area contributed by atoms with E-state index >= 15 is 0 Å². The van der Waals surface area contributed by atoms with Crippen LogP contribution in [-0.4, -0.2) is 47.0 Å². The molecule has 126 valence electrons. The molecular weight excluding hydrogens is 304 g/mol. The maximum Gasteiger partial charge on any atom is 0.323 e. The average Bonchev–Trinajstić information content (AvgIpc) is 3.42. The van der Waals surface area contributed by atoms with Crippen LogP contribution in [0.25, 0.3) is 5.69 Å². The summed E-state index contributed by atoms with van der Waals surface area (Å²) >= 11 is 0. The molecule has 0 bridgehead atoms. The third kappa shape index (κ3) is 2.89. The number of nitrogens with one attached hydrogen (secondary N) is 1. The Hall–Kier alpha value is -2.34. The molecule has 1 saturated heterocycles. The summed E-state index contributed by atoms with van der Waals surface area (Å²) in [6.07, 6.45) is 2.37. The summed E-state index contributed by atoms with van der Waals surface area (Å²) in [5.41, 5.74) is 3.14. The highest BCUT2D eigenvalue weighted by Crippen LogP contribution is 2.42. The molecule has 0 spiro atoms. The molecule has 2 aromatic rings. The fourth-order valence-electron chi connectivity index (χ4n) is 3.11. The van der Waals surface area contributed by atoms with Gasteiger partial charge in [-0.1, -0.05) is 18.2 Å². The molecule has 2 heterocycles. The third-order valence-electron chi connectivity index (χ3n) is 4.65. The van der Waals surface area contributed by atoms with Crippen molar-refractivity contribution in [1.82, 2.24) is 14.7 Å². The lowest BCUT2D eigenvalue weighted by Crippen LogP contribution is -2.43. The topological polar surface area (TPSA) is 59.4 Å². The lowest BCUT2D eigenvalue weighted by Gasteiger charge is -2.27. The van der Waals surface area contributed by atoms with Gasteiger partial charge >= 0.3 is 6.03 Å². The molecule has 1 aliphatic carbocycles. The molecule has 6 nitrogen and oxygen atoms in total. The Morgan fingerprint density at radius 3 is 2.58 bits per heavy atom. The van der Waals surface area contributed by atoms with E-state index < -0.39 is 0 Å². The van der Waals surface area contributed by atoms with Crippen molar-refractivity contribution in [2.24, 2.45) is 0 Å². The van der Waals surface area contributed by atoms with E-state index in [1.165, 1.54) is 12.8 Å². The molecule has 1 aliphatic heterocycles. The Morgan fingerprint density at radius 1 is 1.21 bits per heavy atom. The van der Waals surface area contributed by atoms with Gasteiger partial charge in [0.25, 0.3) is 0 Å². The summed E-state index contributed by atoms with van der Waals surface area (Å²) < 4.78 is 7.18. The molecule has 24 heavy (non-hydrogen) atoms. The van der Waals surface area contributed by atoms with E-state index in [4.69, 9.17) is 9.84 Å². The quantitative estimate of drug-likeness (QED) is 0.943. The highest BCUT2D eigenvalue weighted by molar-refractivity contribution is 5.89. The number of amides is 2. The number of hydrogen-bond donors (Lipinski definition) is 1. The van der Waals surface area contributed by atoms with Gasteiger partial charge in [0.1, 0.15) is 5.82 Å². The van der Waals surface area contributed by atoms with E-state index in [1.54, 1.807) is 4.90 Å². The van der Waals surface area contributed by atoms with E-state index in [-0.39, 0.29) is 6.03 Å². The van der Waals surface area contributed by atoms with Gasteiger partial charge in [-0.15, -0.1) is 0 Å². The zero-order chi connectivity index (χ0) is 16.5. The van der Waals surface area contributed by atoms with Crippen LogP contribution in [-0.2, 0) is 4.74 Å². The van der Waals surface area contributed by atoms with Crippen LogP contribution >= 0.6 is 0 Å². The van der Waals surface area contributed by atoms with Gasteiger partial charge in [0.2, 0.25) is 0 Å². The predicted molar refractivity (Wildman–Crippen MR) is 91.7 cm³/mol. The molecule has 2 aliphatic rings. The summed E-state index contributed by atoms with van der Waals surface area (Å²) in [5.74, 6) is 1.31. The van der Waals surface area contributed by atoms with Crippen LogP contribution < -0.4 is 5.32 Å². The molecule has 0 unspecified atom stereocenters. The standard InChI is InChI=1S/C18H22N4O2/c1-13-16(14-7-8-14)20-22(15-5-3-2-4-6-15)17(13)19-18(23)21-9-11-24-12-10-21/h2-6,14H,7-12H2,1H3,(H,19,23). The number of carbonyl (C=O) groups is 1. The number of ether oxygens (including phenoxy) is 1. The van der Waals surface area contributed by atoms with Gasteiger partial charge in [-0.2, -0.15) is 5.10 Å². The maximum atomic E-state index is 12.6. The molecule has 1 saturated carbocycles. The number of rotatable bonds is 3. The van der Waals surface area contributed by atoms with Crippen LogP contribution in [0.5, 0.6) is 0 Å². The molecule has 1 aromatic heterocycles. The van der Waals surface area contributed by atoms with Gasteiger partial charge in [-0.25, -0.2) is 9.48 Å². The fourth-order valence-corrected chi connectivity index (χ4v) is 3.11. The van der Waals surface area contributed by atoms with Crippen LogP contribution in [0.2, 0.25) is 0 Å². The molecule has 6 heteroatoms. The van der Waals surface area contributed by atoms with Crippen LogP contribution in [0.3, 0.4) is 0 Å². The maximum absolute atomic E-state index is 12.6. The SMILES string of the molecule is Cc1c(C2CC2)nn(-c2ccccc2)c1NC(=O)N1CCOCC1. The summed E-state index contributed by atoms with van der Waals surface area (Å²) in [7, 11) is 0. The first kappa shape index (κ1) is 15.2. The predicted octanol–water partition coefficient (Wildman–Crippen LogP) is 2.92. The summed E-state index contributed by atoms with van der Waals surface area (Å²) in [4.78, 5) is 14.4. The van der Waals surface area contributed by atoms with Crippen molar-refractivity contribution in [1.29, 1.82) is 0 Å². The number of benzene rings is 1. The number of carbonyl (C=O) groups excluding carboxylic acids is 1. The van der Waals surface area contributed by atoms with Gasteiger partial charge in [0, 0.05) is 24.6 Å². The molecule has 1 N–H and O–H groups in total. The van der Waals surface area contributed by atoms with Crippen molar-refractivity contribution in [2.45, 2.75) is 25.7 Å². The second kappa shape index (κ2) is 6.28. The highest BCUT2D eigenvalue weighted by atomic mass is 16.5. The number of urea groups is 1. The Bertz CT molecular complexity index is 731. The highest BCUT2D eigenvalue weighted by Gasteiger charge is 2.31. The second-order valence-electron chi connectivity index (χ2n) is 6.41. The number of hydrogen-bond acceptors (Lipinski definition) is 3. The fraction of sp³-hybridized carbons (Fsp3) is 0.444. The number of morpholine rings is 1. The van der Waals surface area contributed by atoms with Gasteiger partial charge < -0.3 is 9.64 Å². The molecule has 2 amide bonds. The zero-order valence-electron chi connectivity index (χ0n) is 13.9. The molecule has 0 radical (unpaired) electrons. The van der Waals surface area contributed by atoms with Crippen molar-refractivity contribution < 1.29 is 9.53 Å². The van der Waals surface area contributed by atoms with Crippen LogP contribution in [0, 0.1) is 6.92 Å². The van der Waals surface area contributed by atoms with Gasteiger partial charge in [0.05, 0.1) is 24.6 Å². The number of aromatic nitrogens is 2. The minimum absolute atomic E-state index is 0.0826. The Kier molecular flexibility index (Phi) is 3.98. The first-order chi connectivity index (χ1) is 11.7. The second-order valence-corrected chi connectivity index (χ2v) is 6.41. The van der Waals surface area contributed by atoms with E-state index in [1.807, 2.05) is 35.0 Å². The van der Waals surface area contributed by atoms with Crippen LogP contribution in [0.1, 0.15) is 30.0 Å². The number of para-hydroxylation sites is 1. The van der Waals surface area contributed by atoms with Crippen molar-refractivity contribution in [3.8, 4) is 5.69 Å². The van der Waals surface area contributed by atoms with E-state index in [2.05, 4.69) is 12.2 Å². The van der Waals surface area contributed by atoms with Crippen molar-refractivity contribution in [3.63, 3.8) is 0 Å². The number of anilines is 1. The van der Waals surface area contributed by atoms with E-state index in [0.717, 1.165) is 22.8 Å². The first-order valence-corrected chi connectivity index (χ1v) is 8.52. The molecule has 4 rings (SSSR count). The first-order valence-electron chi connectivity index (χ1n) is 8.52. The van der Waals surface area contributed by atoms with Crippen molar-refractivity contribution >= 4 is 11.8 Å². The Balaban J connectivity index is 1.66. The van der Waals surface area contributed by atoms with Gasteiger partial charge in [0.15, 0.2) is 0 Å². The molecule has 2 fully saturated rings. The van der Waals surface area contributed by atoms with Crippen LogP contribution in [0.4, 0.5) is 10.6 Å². The van der Waals surface area contributed by atoms with Crippen LogP contribution in [0.15, 0.2) is 30.3 Å². The summed E-state index contributed by atoms with van der Waals surface area (Å²) in [6.45, 7) is 4.49. The monoisotopic (exact) mass is 326 g/mol. The Labute approximate surface area is 141 Å². The number of nitrogens with zero attached hydrogens (tertiary/aromatic N) is 3. The van der Waals surface area contributed by atoms with E-state index in [9.17, 15) is 4.79 Å². The third-order valence-corrected chi connectivity index (χ3v) is 4.65. The minimum Gasteiger partial charge on any atom is -0.378 e. The lowest BCUT2D eigenvalue weighted by atomic mass is 10.2. The summed E-state index contributed by atoms with van der Waals surface area (Å²) in [5, 5.41) is 7.88. The van der Waals surface area contributed by atoms with Gasteiger partial charge in [-0.3, -0.25) is 5.32 Å². The van der Waals surface area contributed by atoms with Crippen molar-refractivity contribution in [2.75, 3.05) is 31.6 Å². The lowest BCUT2D eigenvalue weighted by molar-refractivity contribution is 0.0564.